The lowest BCUT2D eigenvalue weighted by atomic mass is 10.2. The van der Waals surface area contributed by atoms with E-state index < -0.39 is 5.82 Å². The number of nitrogens with zero attached hydrogens (tertiary/aromatic N) is 1. The third kappa shape index (κ3) is 4.04. The van der Waals surface area contributed by atoms with E-state index in [0.29, 0.717) is 18.7 Å². The molecule has 2 rings (SSSR count). The monoisotopic (exact) mass is 290 g/mol. The van der Waals surface area contributed by atoms with E-state index in [0.717, 1.165) is 6.42 Å². The van der Waals surface area contributed by atoms with Crippen LogP contribution in [0.15, 0.2) is 18.2 Å². The van der Waals surface area contributed by atoms with Crippen LogP contribution in [0.4, 0.5) is 10.1 Å². The number of aliphatic hydroxyl groups is 1. The molecule has 1 fully saturated rings. The average molecular weight is 290 g/mol. The topological polar surface area (TPSA) is 69.6 Å². The largest absolute Gasteiger partial charge is 0.384 e. The fraction of sp³-hybridized carbons (Fsp3) is 0.333. The van der Waals surface area contributed by atoms with Crippen LogP contribution >= 0.6 is 0 Å². The van der Waals surface area contributed by atoms with Gasteiger partial charge in [0.2, 0.25) is 11.8 Å². The number of halogens is 1. The summed E-state index contributed by atoms with van der Waals surface area (Å²) < 4.78 is 13.5. The van der Waals surface area contributed by atoms with Gasteiger partial charge >= 0.3 is 0 Å². The number of hydrogen-bond acceptors (Lipinski definition) is 3. The molecular weight excluding hydrogens is 275 g/mol. The molecule has 1 aromatic carbocycles. The van der Waals surface area contributed by atoms with Crippen LogP contribution in [-0.4, -0.2) is 41.5 Å². The molecule has 0 unspecified atom stereocenters. The van der Waals surface area contributed by atoms with Gasteiger partial charge in [-0.2, -0.15) is 0 Å². The Hall–Kier alpha value is -2.39. The van der Waals surface area contributed by atoms with Gasteiger partial charge in [0.15, 0.2) is 0 Å². The first kappa shape index (κ1) is 15.0. The fourth-order valence-electron chi connectivity index (χ4n) is 2.08. The van der Waals surface area contributed by atoms with Crippen molar-refractivity contribution in [3.8, 4) is 11.8 Å². The molecule has 0 aromatic heterocycles. The molecule has 0 aliphatic carbocycles. The van der Waals surface area contributed by atoms with Gasteiger partial charge in [0, 0.05) is 18.7 Å². The second-order valence-corrected chi connectivity index (χ2v) is 4.62. The highest BCUT2D eigenvalue weighted by atomic mass is 19.1. The Morgan fingerprint density at radius 1 is 1.48 bits per heavy atom. The summed E-state index contributed by atoms with van der Waals surface area (Å²) in [6.07, 6.45) is 1.24. The number of benzene rings is 1. The lowest BCUT2D eigenvalue weighted by molar-refractivity contribution is -0.131. The van der Waals surface area contributed by atoms with Crippen molar-refractivity contribution in [2.45, 2.75) is 12.8 Å². The number of carbonyl (C=O) groups is 2. The van der Waals surface area contributed by atoms with E-state index in [4.69, 9.17) is 5.11 Å². The van der Waals surface area contributed by atoms with Gasteiger partial charge in [-0.25, -0.2) is 4.39 Å². The van der Waals surface area contributed by atoms with Crippen molar-refractivity contribution in [2.75, 3.05) is 25.0 Å². The lowest BCUT2D eigenvalue weighted by Crippen LogP contribution is -2.33. The van der Waals surface area contributed by atoms with Gasteiger partial charge < -0.3 is 15.3 Å². The second-order valence-electron chi connectivity index (χ2n) is 4.62. The molecule has 1 aliphatic rings. The summed E-state index contributed by atoms with van der Waals surface area (Å²) in [4.78, 5) is 24.8. The Labute approximate surface area is 121 Å². The zero-order valence-electron chi connectivity index (χ0n) is 11.4. The van der Waals surface area contributed by atoms with Gasteiger partial charge in [0.05, 0.1) is 12.1 Å². The summed E-state index contributed by atoms with van der Waals surface area (Å²) in [5.41, 5.74) is 0.495. The van der Waals surface area contributed by atoms with Gasteiger partial charge in [-0.05, 0) is 24.6 Å². The Morgan fingerprint density at radius 3 is 2.95 bits per heavy atom. The van der Waals surface area contributed by atoms with Crippen molar-refractivity contribution in [3.05, 3.63) is 29.6 Å². The molecule has 1 aliphatic heterocycles. The zero-order chi connectivity index (χ0) is 15.2. The number of likely N-dealkylation sites (tertiary alicyclic amines) is 1. The summed E-state index contributed by atoms with van der Waals surface area (Å²) in [5, 5.41) is 11.2. The van der Waals surface area contributed by atoms with Gasteiger partial charge in [0.1, 0.15) is 12.4 Å². The third-order valence-electron chi connectivity index (χ3n) is 3.06. The minimum Gasteiger partial charge on any atom is -0.384 e. The Kier molecular flexibility index (Phi) is 4.90. The van der Waals surface area contributed by atoms with Crippen LogP contribution in [0.5, 0.6) is 0 Å². The zero-order valence-corrected chi connectivity index (χ0v) is 11.4. The van der Waals surface area contributed by atoms with Crippen LogP contribution in [0.1, 0.15) is 18.4 Å². The Balaban J connectivity index is 2.02. The molecule has 0 atom stereocenters. The number of aliphatic hydroxyl groups excluding tert-OH is 1. The van der Waals surface area contributed by atoms with E-state index in [1.807, 2.05) is 0 Å². The maximum atomic E-state index is 13.5. The summed E-state index contributed by atoms with van der Waals surface area (Å²) in [7, 11) is 0. The molecule has 21 heavy (non-hydrogen) atoms. The van der Waals surface area contributed by atoms with E-state index in [2.05, 4.69) is 17.2 Å². The maximum absolute atomic E-state index is 13.5. The van der Waals surface area contributed by atoms with Crippen molar-refractivity contribution >= 4 is 17.5 Å². The number of rotatable bonds is 3. The number of nitrogens with one attached hydrogen (secondary N) is 1. The van der Waals surface area contributed by atoms with E-state index in [1.54, 1.807) is 0 Å². The Bertz CT molecular complexity index is 619. The predicted molar refractivity (Wildman–Crippen MR) is 74.8 cm³/mol. The molecule has 0 radical (unpaired) electrons. The van der Waals surface area contributed by atoms with E-state index >= 15 is 0 Å². The highest BCUT2D eigenvalue weighted by molar-refractivity contribution is 5.95. The highest BCUT2D eigenvalue weighted by Crippen LogP contribution is 2.15. The maximum Gasteiger partial charge on any atom is 0.243 e. The molecule has 1 heterocycles. The lowest BCUT2D eigenvalue weighted by Gasteiger charge is -2.15. The van der Waals surface area contributed by atoms with Crippen LogP contribution in [0.2, 0.25) is 0 Å². The number of anilines is 1. The van der Waals surface area contributed by atoms with Crippen molar-refractivity contribution in [1.82, 2.24) is 4.90 Å². The fourth-order valence-corrected chi connectivity index (χ4v) is 2.08. The molecule has 5 nitrogen and oxygen atoms in total. The summed E-state index contributed by atoms with van der Waals surface area (Å²) in [5.74, 6) is 3.93. The van der Waals surface area contributed by atoms with Crippen LogP contribution in [0, 0.1) is 17.7 Å². The minimum atomic E-state index is -0.524. The van der Waals surface area contributed by atoms with Crippen LogP contribution in [0.25, 0.3) is 0 Å². The number of hydrogen-bond donors (Lipinski definition) is 2. The van der Waals surface area contributed by atoms with Crippen molar-refractivity contribution < 1.29 is 19.1 Å². The van der Waals surface area contributed by atoms with Gasteiger partial charge in [-0.1, -0.05) is 11.8 Å². The number of carbonyl (C=O) groups excluding carboxylic acids is 2. The van der Waals surface area contributed by atoms with Gasteiger partial charge in [-0.3, -0.25) is 9.59 Å². The minimum absolute atomic E-state index is 0.00609. The summed E-state index contributed by atoms with van der Waals surface area (Å²) in [6, 6.07) is 4.00. The van der Waals surface area contributed by atoms with E-state index in [9.17, 15) is 14.0 Å². The smallest absolute Gasteiger partial charge is 0.243 e. The Morgan fingerprint density at radius 2 is 2.29 bits per heavy atom. The SMILES string of the molecule is O=C(CN1CCCC1=O)Nc1ccc(F)c(C#CCO)c1. The van der Waals surface area contributed by atoms with Crippen LogP contribution < -0.4 is 5.32 Å². The second kappa shape index (κ2) is 6.86. The molecule has 6 heteroatoms. The summed E-state index contributed by atoms with van der Waals surface area (Å²) in [6.45, 7) is 0.212. The van der Waals surface area contributed by atoms with Crippen LogP contribution in [0.3, 0.4) is 0 Å². The first-order valence-electron chi connectivity index (χ1n) is 6.57. The van der Waals surface area contributed by atoms with Crippen molar-refractivity contribution in [1.29, 1.82) is 0 Å². The van der Waals surface area contributed by atoms with Gasteiger partial charge in [-0.15, -0.1) is 0 Å². The normalized spacial score (nSPS) is 13.8. The molecule has 2 N–H and O–H groups in total. The van der Waals surface area contributed by atoms with Crippen molar-refractivity contribution in [2.24, 2.45) is 0 Å². The molecule has 0 saturated carbocycles. The quantitative estimate of drug-likeness (QED) is 0.806. The molecule has 0 bridgehead atoms. The standard InChI is InChI=1S/C15H15FN2O3/c16-13-6-5-12(9-11(13)3-2-8-19)17-14(20)10-18-7-1-4-15(18)21/h5-6,9,19H,1,4,7-8,10H2,(H,17,20). The molecule has 0 spiro atoms. The van der Waals surface area contributed by atoms with Crippen molar-refractivity contribution in [3.63, 3.8) is 0 Å². The molecule has 110 valence electrons. The highest BCUT2D eigenvalue weighted by Gasteiger charge is 2.22. The van der Waals surface area contributed by atoms with Gasteiger partial charge in [0.25, 0.3) is 0 Å². The molecule has 1 aromatic rings. The molecule has 2 amide bonds. The third-order valence-corrected chi connectivity index (χ3v) is 3.06. The number of amides is 2. The van der Waals surface area contributed by atoms with E-state index in [1.165, 1.54) is 23.1 Å². The first-order valence-corrected chi connectivity index (χ1v) is 6.57. The average Bonchev–Trinajstić information content (AvgIpc) is 2.85. The summed E-state index contributed by atoms with van der Waals surface area (Å²) >= 11 is 0. The molecule has 1 saturated heterocycles. The van der Waals surface area contributed by atoms with E-state index in [-0.39, 0.29) is 30.5 Å². The predicted octanol–water partition coefficient (Wildman–Crippen LogP) is 0.730. The van der Waals surface area contributed by atoms with Crippen LogP contribution in [-0.2, 0) is 9.59 Å². The first-order chi connectivity index (χ1) is 10.1. The molecular formula is C15H15FN2O3.